The van der Waals surface area contributed by atoms with Crippen molar-refractivity contribution in [2.24, 2.45) is 0 Å². The van der Waals surface area contributed by atoms with Gasteiger partial charge in [0.05, 0.1) is 12.0 Å². The lowest BCUT2D eigenvalue weighted by molar-refractivity contribution is 0.0751. The molecule has 0 atom stereocenters. The highest BCUT2D eigenvalue weighted by Gasteiger charge is 2.24. The average molecular weight is 516 g/mol. The second-order valence-corrected chi connectivity index (χ2v) is 9.40. The second kappa shape index (κ2) is 10.7. The van der Waals surface area contributed by atoms with E-state index in [1.807, 2.05) is 22.4 Å². The number of carbonyl (C=O) groups excluding carboxylic acids is 2. The van der Waals surface area contributed by atoms with Gasteiger partial charge < -0.3 is 25.0 Å². The number of benzene rings is 2. The summed E-state index contributed by atoms with van der Waals surface area (Å²) in [5, 5.41) is 22.8. The lowest BCUT2D eigenvalue weighted by Gasteiger charge is -2.35. The van der Waals surface area contributed by atoms with Crippen molar-refractivity contribution in [1.29, 1.82) is 0 Å². The number of nitrogens with one attached hydrogen (secondary N) is 1. The van der Waals surface area contributed by atoms with E-state index in [0.717, 1.165) is 11.1 Å². The zero-order chi connectivity index (χ0) is 25.8. The van der Waals surface area contributed by atoms with Gasteiger partial charge in [0.2, 0.25) is 0 Å². The van der Waals surface area contributed by atoms with E-state index in [2.05, 4.69) is 20.4 Å². The van der Waals surface area contributed by atoms with Crippen LogP contribution in [0.25, 0.3) is 11.1 Å². The van der Waals surface area contributed by atoms with Crippen LogP contribution in [0, 0.1) is 0 Å². The van der Waals surface area contributed by atoms with E-state index in [9.17, 15) is 14.7 Å². The number of phenols is 1. The summed E-state index contributed by atoms with van der Waals surface area (Å²) in [6.45, 7) is 2.34. The highest BCUT2D eigenvalue weighted by molar-refractivity contribution is 7.12. The van der Waals surface area contributed by atoms with Crippen LogP contribution in [-0.4, -0.2) is 65.3 Å². The maximum atomic E-state index is 13.0. The number of methoxy groups -OCH3 is 1. The van der Waals surface area contributed by atoms with Crippen molar-refractivity contribution in [2.75, 3.05) is 43.5 Å². The van der Waals surface area contributed by atoms with E-state index < -0.39 is 0 Å². The fraction of sp³-hybridized carbons (Fsp3) is 0.185. The van der Waals surface area contributed by atoms with Crippen LogP contribution in [-0.2, 0) is 0 Å². The van der Waals surface area contributed by atoms with Crippen LogP contribution in [0.2, 0.25) is 0 Å². The van der Waals surface area contributed by atoms with Gasteiger partial charge in [0, 0.05) is 31.9 Å². The van der Waals surface area contributed by atoms with E-state index in [4.69, 9.17) is 4.74 Å². The lowest BCUT2D eigenvalue weighted by atomic mass is 10.1. The van der Waals surface area contributed by atoms with Crippen LogP contribution in [0.5, 0.6) is 11.5 Å². The summed E-state index contributed by atoms with van der Waals surface area (Å²) >= 11 is 1.40. The number of hydrogen-bond acceptors (Lipinski definition) is 8. The Bertz CT molecular complexity index is 1400. The van der Waals surface area contributed by atoms with Gasteiger partial charge in [-0.25, -0.2) is 0 Å². The third kappa shape index (κ3) is 5.54. The fourth-order valence-electron chi connectivity index (χ4n) is 4.06. The van der Waals surface area contributed by atoms with Crippen molar-refractivity contribution in [2.45, 2.75) is 0 Å². The Kier molecular flexibility index (Phi) is 7.00. The number of piperazine rings is 1. The third-order valence-electron chi connectivity index (χ3n) is 6.11. The second-order valence-electron chi connectivity index (χ2n) is 8.49. The first-order valence-electron chi connectivity index (χ1n) is 11.7. The van der Waals surface area contributed by atoms with E-state index >= 15 is 0 Å². The molecule has 0 radical (unpaired) electrons. The molecule has 2 amide bonds. The minimum Gasteiger partial charge on any atom is -0.508 e. The summed E-state index contributed by atoms with van der Waals surface area (Å²) in [6.07, 6.45) is 0. The Morgan fingerprint density at radius 3 is 2.41 bits per heavy atom. The van der Waals surface area contributed by atoms with Gasteiger partial charge in [0.25, 0.3) is 11.8 Å². The number of phenolic OH excluding ortho intramolecular Hbond substituents is 1. The molecule has 37 heavy (non-hydrogen) atoms. The van der Waals surface area contributed by atoms with Gasteiger partial charge in [-0.05, 0) is 71.1 Å². The predicted molar refractivity (Wildman–Crippen MR) is 143 cm³/mol. The molecule has 0 unspecified atom stereocenters. The van der Waals surface area contributed by atoms with Crippen LogP contribution in [0.4, 0.5) is 11.5 Å². The van der Waals surface area contributed by atoms with E-state index in [1.165, 1.54) is 11.3 Å². The first kappa shape index (κ1) is 24.3. The average Bonchev–Trinajstić information content (AvgIpc) is 3.44. The number of anilines is 2. The van der Waals surface area contributed by atoms with Crippen LogP contribution in [0.1, 0.15) is 20.2 Å². The Labute approximate surface area is 217 Å². The fourth-order valence-corrected chi connectivity index (χ4v) is 4.95. The molecule has 1 aliphatic heterocycles. The van der Waals surface area contributed by atoms with Crippen LogP contribution < -0.4 is 15.0 Å². The number of amides is 2. The Balaban J connectivity index is 1.16. The van der Waals surface area contributed by atoms with Gasteiger partial charge in [-0.3, -0.25) is 9.59 Å². The standard InChI is InChI=1S/C27H25N5O4S/c1-36-22-7-5-20(6-8-22)28-26(34)23-9-10-25(30-29-23)31-11-13-32(14-12-31)27(35)24-16-19(17-37-24)18-3-2-4-21(33)15-18/h2-10,15-17,33H,11-14H2,1H3,(H,28,34). The summed E-state index contributed by atoms with van der Waals surface area (Å²) in [4.78, 5) is 30.1. The molecule has 0 saturated carbocycles. The minimum atomic E-state index is -0.347. The normalized spacial score (nSPS) is 13.3. The molecule has 2 aromatic heterocycles. The van der Waals surface area contributed by atoms with Gasteiger partial charge in [-0.2, -0.15) is 0 Å². The first-order valence-corrected chi connectivity index (χ1v) is 12.6. The van der Waals surface area contributed by atoms with Crippen LogP contribution >= 0.6 is 11.3 Å². The summed E-state index contributed by atoms with van der Waals surface area (Å²) in [5.41, 5.74) is 2.64. The first-order chi connectivity index (χ1) is 18.0. The number of ether oxygens (including phenoxy) is 1. The lowest BCUT2D eigenvalue weighted by Crippen LogP contribution is -2.49. The number of carbonyl (C=O) groups is 2. The molecule has 1 saturated heterocycles. The van der Waals surface area contributed by atoms with Crippen molar-refractivity contribution in [3.63, 3.8) is 0 Å². The molecule has 4 aromatic rings. The predicted octanol–water partition coefficient (Wildman–Crippen LogP) is 4.13. The molecule has 0 aliphatic carbocycles. The monoisotopic (exact) mass is 515 g/mol. The highest BCUT2D eigenvalue weighted by Crippen LogP contribution is 2.29. The van der Waals surface area contributed by atoms with Crippen molar-refractivity contribution < 1.29 is 19.4 Å². The summed E-state index contributed by atoms with van der Waals surface area (Å²) in [5.74, 6) is 1.21. The number of rotatable bonds is 6. The highest BCUT2D eigenvalue weighted by atomic mass is 32.1. The van der Waals surface area contributed by atoms with Gasteiger partial charge in [-0.15, -0.1) is 21.5 Å². The van der Waals surface area contributed by atoms with Gasteiger partial charge in [0.1, 0.15) is 11.5 Å². The number of thiophene rings is 1. The zero-order valence-electron chi connectivity index (χ0n) is 20.1. The molecular weight excluding hydrogens is 490 g/mol. The van der Waals surface area contributed by atoms with E-state index in [-0.39, 0.29) is 23.3 Å². The molecule has 2 N–H and O–H groups in total. The molecule has 1 fully saturated rings. The van der Waals surface area contributed by atoms with Crippen molar-refractivity contribution in [3.05, 3.63) is 82.7 Å². The molecular formula is C27H25N5O4S. The molecule has 0 bridgehead atoms. The Hall–Kier alpha value is -4.44. The topological polar surface area (TPSA) is 108 Å². The molecule has 188 valence electrons. The molecule has 5 rings (SSSR count). The van der Waals surface area contributed by atoms with Crippen molar-refractivity contribution in [3.8, 4) is 22.6 Å². The van der Waals surface area contributed by atoms with Crippen molar-refractivity contribution >= 4 is 34.7 Å². The van der Waals surface area contributed by atoms with E-state index in [1.54, 1.807) is 61.7 Å². The van der Waals surface area contributed by atoms with Crippen LogP contribution in [0.3, 0.4) is 0 Å². The largest absolute Gasteiger partial charge is 0.508 e. The number of aromatic hydroxyl groups is 1. The SMILES string of the molecule is COc1ccc(NC(=O)c2ccc(N3CCN(C(=O)c4cc(-c5cccc(O)c5)cs4)CC3)nn2)cc1. The summed E-state index contributed by atoms with van der Waals surface area (Å²) < 4.78 is 5.12. The molecule has 0 spiro atoms. The van der Waals surface area contributed by atoms with Crippen LogP contribution in [0.15, 0.2) is 72.1 Å². The maximum Gasteiger partial charge on any atom is 0.276 e. The number of nitrogens with zero attached hydrogens (tertiary/aromatic N) is 4. The number of hydrogen-bond donors (Lipinski definition) is 2. The molecule has 3 heterocycles. The van der Waals surface area contributed by atoms with E-state index in [0.29, 0.717) is 48.3 Å². The maximum absolute atomic E-state index is 13.0. The zero-order valence-corrected chi connectivity index (χ0v) is 20.9. The molecule has 2 aromatic carbocycles. The van der Waals surface area contributed by atoms with Gasteiger partial charge in [-0.1, -0.05) is 12.1 Å². The summed E-state index contributed by atoms with van der Waals surface area (Å²) in [6, 6.07) is 19.3. The third-order valence-corrected chi connectivity index (χ3v) is 7.03. The Morgan fingerprint density at radius 2 is 1.73 bits per heavy atom. The molecule has 9 nitrogen and oxygen atoms in total. The summed E-state index contributed by atoms with van der Waals surface area (Å²) in [7, 11) is 1.58. The quantitative estimate of drug-likeness (QED) is 0.397. The smallest absolute Gasteiger partial charge is 0.276 e. The molecule has 1 aliphatic rings. The van der Waals surface area contributed by atoms with Gasteiger partial charge >= 0.3 is 0 Å². The Morgan fingerprint density at radius 1 is 0.946 bits per heavy atom. The minimum absolute atomic E-state index is 0.00677. The van der Waals surface area contributed by atoms with Crippen molar-refractivity contribution in [1.82, 2.24) is 15.1 Å². The molecule has 10 heteroatoms. The number of aromatic nitrogens is 2. The van der Waals surface area contributed by atoms with Gasteiger partial charge in [0.15, 0.2) is 11.5 Å².